The Morgan fingerprint density at radius 3 is 1.93 bits per heavy atom. The van der Waals surface area contributed by atoms with E-state index in [0.717, 1.165) is 22.4 Å². The van der Waals surface area contributed by atoms with Crippen LogP contribution in [-0.4, -0.2) is 15.5 Å². The van der Waals surface area contributed by atoms with Crippen molar-refractivity contribution in [2.24, 2.45) is 0 Å². The SMILES string of the molecule is COc1ccc([C@](C)(NS(=O)(=O)c2ccc(C)cc2)c2ccccc2)cc1. The minimum Gasteiger partial charge on any atom is -0.497 e. The van der Waals surface area contributed by atoms with E-state index in [0.29, 0.717) is 0 Å². The normalized spacial score (nSPS) is 13.7. The number of sulfonamides is 1. The second-order valence-corrected chi connectivity index (χ2v) is 8.32. The largest absolute Gasteiger partial charge is 0.497 e. The highest BCUT2D eigenvalue weighted by Gasteiger charge is 2.34. The van der Waals surface area contributed by atoms with E-state index >= 15 is 0 Å². The van der Waals surface area contributed by atoms with Crippen LogP contribution in [0.5, 0.6) is 5.75 Å². The zero-order valence-corrected chi connectivity index (χ0v) is 16.5. The third-order valence-corrected chi connectivity index (χ3v) is 6.26. The van der Waals surface area contributed by atoms with Gasteiger partial charge in [0.25, 0.3) is 0 Å². The maximum absolute atomic E-state index is 13.1. The van der Waals surface area contributed by atoms with Crippen molar-refractivity contribution in [2.75, 3.05) is 7.11 Å². The quantitative estimate of drug-likeness (QED) is 0.695. The molecule has 0 aliphatic carbocycles. The molecule has 0 heterocycles. The maximum Gasteiger partial charge on any atom is 0.241 e. The van der Waals surface area contributed by atoms with Gasteiger partial charge in [-0.1, -0.05) is 60.2 Å². The zero-order valence-electron chi connectivity index (χ0n) is 15.6. The van der Waals surface area contributed by atoms with Crippen molar-refractivity contribution in [1.29, 1.82) is 0 Å². The number of ether oxygens (including phenoxy) is 1. The summed E-state index contributed by atoms with van der Waals surface area (Å²) < 4.78 is 34.3. The molecule has 0 aliphatic rings. The van der Waals surface area contributed by atoms with Crippen molar-refractivity contribution >= 4 is 10.0 Å². The lowest BCUT2D eigenvalue weighted by Crippen LogP contribution is -2.44. The van der Waals surface area contributed by atoms with E-state index in [1.54, 1.807) is 31.4 Å². The molecule has 0 bridgehead atoms. The first-order chi connectivity index (χ1) is 12.8. The van der Waals surface area contributed by atoms with Crippen LogP contribution < -0.4 is 9.46 Å². The third kappa shape index (κ3) is 4.04. The van der Waals surface area contributed by atoms with Gasteiger partial charge in [-0.2, -0.15) is 4.72 Å². The van der Waals surface area contributed by atoms with Crippen LogP contribution in [0.1, 0.15) is 23.6 Å². The van der Waals surface area contributed by atoms with E-state index in [4.69, 9.17) is 4.74 Å². The fourth-order valence-electron chi connectivity index (χ4n) is 3.03. The molecule has 140 valence electrons. The van der Waals surface area contributed by atoms with Gasteiger partial charge in [0.1, 0.15) is 5.75 Å². The van der Waals surface area contributed by atoms with Gasteiger partial charge in [0.05, 0.1) is 17.5 Å². The van der Waals surface area contributed by atoms with Crippen LogP contribution >= 0.6 is 0 Å². The van der Waals surface area contributed by atoms with E-state index in [1.807, 2.05) is 68.4 Å². The van der Waals surface area contributed by atoms with Crippen LogP contribution in [0, 0.1) is 6.92 Å². The van der Waals surface area contributed by atoms with E-state index in [2.05, 4.69) is 4.72 Å². The number of hydrogen-bond donors (Lipinski definition) is 1. The van der Waals surface area contributed by atoms with Gasteiger partial charge in [0.15, 0.2) is 0 Å². The standard InChI is InChI=1S/C22H23NO3S/c1-17-9-15-21(16-10-17)27(24,25)23-22(2,18-7-5-4-6-8-18)19-11-13-20(26-3)14-12-19/h4-16,23H,1-3H3/t22-/m1/s1. The molecule has 3 aromatic rings. The molecular formula is C22H23NO3S. The number of methoxy groups -OCH3 is 1. The summed E-state index contributed by atoms with van der Waals surface area (Å²) in [6.07, 6.45) is 0. The fourth-order valence-corrected chi connectivity index (χ4v) is 4.41. The smallest absolute Gasteiger partial charge is 0.241 e. The lowest BCUT2D eigenvalue weighted by molar-refractivity contribution is 0.414. The minimum absolute atomic E-state index is 0.240. The van der Waals surface area contributed by atoms with Crippen molar-refractivity contribution < 1.29 is 13.2 Å². The molecule has 0 saturated heterocycles. The van der Waals surface area contributed by atoms with E-state index < -0.39 is 15.6 Å². The van der Waals surface area contributed by atoms with E-state index in [9.17, 15) is 8.42 Å². The Morgan fingerprint density at radius 1 is 0.815 bits per heavy atom. The first-order valence-electron chi connectivity index (χ1n) is 8.66. The number of aryl methyl sites for hydroxylation is 1. The first-order valence-corrected chi connectivity index (χ1v) is 10.1. The summed E-state index contributed by atoms with van der Waals surface area (Å²) in [6, 6.07) is 23.8. The molecule has 1 N–H and O–H groups in total. The Morgan fingerprint density at radius 2 is 1.37 bits per heavy atom. The van der Waals surface area contributed by atoms with Gasteiger partial charge < -0.3 is 4.74 Å². The Hall–Kier alpha value is -2.63. The van der Waals surface area contributed by atoms with Crippen molar-refractivity contribution in [1.82, 2.24) is 4.72 Å². The molecule has 0 aromatic heterocycles. The number of benzene rings is 3. The van der Waals surface area contributed by atoms with Crippen LogP contribution in [-0.2, 0) is 15.6 Å². The van der Waals surface area contributed by atoms with Gasteiger partial charge in [-0.15, -0.1) is 0 Å². The third-order valence-electron chi connectivity index (χ3n) is 4.69. The fraction of sp³-hybridized carbons (Fsp3) is 0.182. The van der Waals surface area contributed by atoms with Crippen molar-refractivity contribution in [3.63, 3.8) is 0 Å². The zero-order chi connectivity index (χ0) is 19.5. The average molecular weight is 381 g/mol. The summed E-state index contributed by atoms with van der Waals surface area (Å²) in [4.78, 5) is 0.240. The number of rotatable bonds is 6. The minimum atomic E-state index is -3.73. The van der Waals surface area contributed by atoms with Crippen molar-refractivity contribution in [3.05, 3.63) is 95.6 Å². The number of nitrogens with one attached hydrogen (secondary N) is 1. The summed E-state index contributed by atoms with van der Waals surface area (Å²) in [5.41, 5.74) is 1.75. The summed E-state index contributed by atoms with van der Waals surface area (Å²) in [7, 11) is -2.13. The van der Waals surface area contributed by atoms with Gasteiger partial charge in [0, 0.05) is 0 Å². The predicted octanol–water partition coefficient (Wildman–Crippen LogP) is 4.25. The second kappa shape index (κ2) is 7.55. The summed E-state index contributed by atoms with van der Waals surface area (Å²) in [5.74, 6) is 0.718. The molecular weight excluding hydrogens is 358 g/mol. The lowest BCUT2D eigenvalue weighted by atomic mass is 9.86. The molecule has 4 nitrogen and oxygen atoms in total. The molecule has 1 atom stereocenters. The second-order valence-electron chi connectivity index (χ2n) is 6.64. The Bertz CT molecular complexity index is 998. The summed E-state index contributed by atoms with van der Waals surface area (Å²) >= 11 is 0. The lowest BCUT2D eigenvalue weighted by Gasteiger charge is -2.32. The molecule has 0 spiro atoms. The molecule has 3 aromatic carbocycles. The van der Waals surface area contributed by atoms with Crippen LogP contribution in [0.3, 0.4) is 0 Å². The van der Waals surface area contributed by atoms with Crippen LogP contribution in [0.4, 0.5) is 0 Å². The van der Waals surface area contributed by atoms with Gasteiger partial charge >= 0.3 is 0 Å². The van der Waals surface area contributed by atoms with Gasteiger partial charge in [-0.05, 0) is 49.2 Å². The maximum atomic E-state index is 13.1. The molecule has 0 unspecified atom stereocenters. The highest BCUT2D eigenvalue weighted by Crippen LogP contribution is 2.32. The Balaban J connectivity index is 2.08. The summed E-state index contributed by atoms with van der Waals surface area (Å²) in [6.45, 7) is 3.80. The monoisotopic (exact) mass is 381 g/mol. The Kier molecular flexibility index (Phi) is 5.35. The molecule has 0 aliphatic heterocycles. The molecule has 0 amide bonds. The highest BCUT2D eigenvalue weighted by atomic mass is 32.2. The molecule has 0 radical (unpaired) electrons. The van der Waals surface area contributed by atoms with Crippen molar-refractivity contribution in [2.45, 2.75) is 24.3 Å². The molecule has 5 heteroatoms. The first kappa shape index (κ1) is 19.1. The van der Waals surface area contributed by atoms with E-state index in [1.165, 1.54) is 0 Å². The van der Waals surface area contributed by atoms with Crippen molar-refractivity contribution in [3.8, 4) is 5.75 Å². The highest BCUT2D eigenvalue weighted by molar-refractivity contribution is 7.89. The van der Waals surface area contributed by atoms with Crippen LogP contribution in [0.25, 0.3) is 0 Å². The number of hydrogen-bond acceptors (Lipinski definition) is 3. The van der Waals surface area contributed by atoms with Gasteiger partial charge in [-0.3, -0.25) is 0 Å². The van der Waals surface area contributed by atoms with Crippen LogP contribution in [0.15, 0.2) is 83.8 Å². The molecule has 27 heavy (non-hydrogen) atoms. The molecule has 0 fully saturated rings. The predicted molar refractivity (Wildman–Crippen MR) is 107 cm³/mol. The van der Waals surface area contributed by atoms with Crippen LogP contribution in [0.2, 0.25) is 0 Å². The average Bonchev–Trinajstić information content (AvgIpc) is 2.68. The molecule has 3 rings (SSSR count). The Labute approximate surface area is 160 Å². The molecule has 0 saturated carbocycles. The van der Waals surface area contributed by atoms with E-state index in [-0.39, 0.29) is 4.90 Å². The van der Waals surface area contributed by atoms with Gasteiger partial charge in [-0.25, -0.2) is 8.42 Å². The topological polar surface area (TPSA) is 55.4 Å². The van der Waals surface area contributed by atoms with Gasteiger partial charge in [0.2, 0.25) is 10.0 Å². The summed E-state index contributed by atoms with van der Waals surface area (Å²) in [5, 5.41) is 0.